The second-order valence-electron chi connectivity index (χ2n) is 5.76. The number of halogens is 4. The summed E-state index contributed by atoms with van der Waals surface area (Å²) >= 11 is 1.38. The second-order valence-corrected chi connectivity index (χ2v) is 6.62. The van der Waals surface area contributed by atoms with E-state index in [0.29, 0.717) is 16.0 Å². The number of thiophene rings is 1. The van der Waals surface area contributed by atoms with Crippen LogP contribution < -0.4 is 5.32 Å². The zero-order valence-corrected chi connectivity index (χ0v) is 14.4. The monoisotopic (exact) mass is 389 g/mol. The molecule has 2 aromatic heterocycles. The SMILES string of the molecule is Fc1ccc(-c2csc3ncnc(Nc4cccc(C(F)(F)F)c4)c23)cc1. The molecule has 0 saturated carbocycles. The third-order valence-electron chi connectivity index (χ3n) is 3.98. The summed E-state index contributed by atoms with van der Waals surface area (Å²) in [4.78, 5) is 9.10. The minimum Gasteiger partial charge on any atom is -0.340 e. The van der Waals surface area contributed by atoms with E-state index in [-0.39, 0.29) is 11.5 Å². The van der Waals surface area contributed by atoms with Gasteiger partial charge in [-0.15, -0.1) is 11.3 Å². The smallest absolute Gasteiger partial charge is 0.340 e. The molecular formula is C19H11F4N3S. The van der Waals surface area contributed by atoms with Crippen molar-refractivity contribution in [1.29, 1.82) is 0 Å². The normalized spacial score (nSPS) is 11.7. The molecule has 0 atom stereocenters. The van der Waals surface area contributed by atoms with Gasteiger partial charge in [0.1, 0.15) is 22.8 Å². The second kappa shape index (κ2) is 6.62. The van der Waals surface area contributed by atoms with E-state index in [1.54, 1.807) is 12.1 Å². The van der Waals surface area contributed by atoms with Crippen LogP contribution in [-0.4, -0.2) is 9.97 Å². The summed E-state index contributed by atoms with van der Waals surface area (Å²) in [6.45, 7) is 0. The quantitative estimate of drug-likeness (QED) is 0.420. The molecule has 2 heterocycles. The molecule has 4 aromatic rings. The highest BCUT2D eigenvalue weighted by molar-refractivity contribution is 7.17. The zero-order chi connectivity index (χ0) is 19.0. The fraction of sp³-hybridized carbons (Fsp3) is 0.0526. The molecule has 0 radical (unpaired) electrons. The van der Waals surface area contributed by atoms with Gasteiger partial charge >= 0.3 is 6.18 Å². The molecule has 1 N–H and O–H groups in total. The van der Waals surface area contributed by atoms with Gasteiger partial charge < -0.3 is 5.32 Å². The zero-order valence-electron chi connectivity index (χ0n) is 13.6. The number of anilines is 2. The molecule has 3 nitrogen and oxygen atoms in total. The summed E-state index contributed by atoms with van der Waals surface area (Å²) < 4.78 is 52.1. The predicted molar refractivity (Wildman–Crippen MR) is 97.5 cm³/mol. The van der Waals surface area contributed by atoms with Crippen molar-refractivity contribution in [3.8, 4) is 11.1 Å². The van der Waals surface area contributed by atoms with Gasteiger partial charge in [0.05, 0.1) is 10.9 Å². The number of fused-ring (bicyclic) bond motifs is 1. The van der Waals surface area contributed by atoms with Crippen LogP contribution in [0, 0.1) is 5.82 Å². The van der Waals surface area contributed by atoms with Crippen LogP contribution >= 0.6 is 11.3 Å². The average Bonchev–Trinajstić information content (AvgIpc) is 3.07. The summed E-state index contributed by atoms with van der Waals surface area (Å²) in [6.07, 6.45) is -3.08. The van der Waals surface area contributed by atoms with E-state index in [4.69, 9.17) is 0 Å². The van der Waals surface area contributed by atoms with Crippen LogP contribution in [0.5, 0.6) is 0 Å². The van der Waals surface area contributed by atoms with Crippen molar-refractivity contribution in [2.75, 3.05) is 5.32 Å². The first-order valence-electron chi connectivity index (χ1n) is 7.84. The Labute approximate surface area is 155 Å². The Hall–Kier alpha value is -3.00. The summed E-state index contributed by atoms with van der Waals surface area (Å²) in [5, 5.41) is 5.49. The number of hydrogen-bond acceptors (Lipinski definition) is 4. The van der Waals surface area contributed by atoms with Gasteiger partial charge in [0, 0.05) is 16.6 Å². The maximum atomic E-state index is 13.2. The lowest BCUT2D eigenvalue weighted by atomic mass is 10.1. The van der Waals surface area contributed by atoms with Gasteiger partial charge in [-0.25, -0.2) is 14.4 Å². The molecule has 0 unspecified atom stereocenters. The number of alkyl halides is 3. The van der Waals surface area contributed by atoms with Crippen LogP contribution in [0.15, 0.2) is 60.2 Å². The van der Waals surface area contributed by atoms with Crippen molar-refractivity contribution < 1.29 is 17.6 Å². The van der Waals surface area contributed by atoms with Gasteiger partial charge in [0.2, 0.25) is 0 Å². The highest BCUT2D eigenvalue weighted by Gasteiger charge is 2.30. The van der Waals surface area contributed by atoms with Crippen molar-refractivity contribution >= 4 is 33.1 Å². The maximum absolute atomic E-state index is 13.2. The highest BCUT2D eigenvalue weighted by Crippen LogP contribution is 2.38. The molecule has 0 aliphatic rings. The van der Waals surface area contributed by atoms with Gasteiger partial charge in [-0.05, 0) is 35.9 Å². The Morgan fingerprint density at radius 2 is 1.74 bits per heavy atom. The lowest BCUT2D eigenvalue weighted by Gasteiger charge is -2.11. The number of aromatic nitrogens is 2. The summed E-state index contributed by atoms with van der Waals surface area (Å²) in [6, 6.07) is 10.9. The fourth-order valence-corrected chi connectivity index (χ4v) is 3.64. The summed E-state index contributed by atoms with van der Waals surface area (Å²) in [5.74, 6) is 0.0387. The minimum atomic E-state index is -4.43. The molecule has 0 amide bonds. The first-order valence-corrected chi connectivity index (χ1v) is 8.72. The van der Waals surface area contributed by atoms with Crippen molar-refractivity contribution in [2.24, 2.45) is 0 Å². The van der Waals surface area contributed by atoms with Crippen molar-refractivity contribution in [3.63, 3.8) is 0 Å². The fourth-order valence-electron chi connectivity index (χ4n) is 2.72. The molecule has 8 heteroatoms. The van der Waals surface area contributed by atoms with E-state index in [0.717, 1.165) is 23.3 Å². The van der Waals surface area contributed by atoms with Crippen molar-refractivity contribution in [1.82, 2.24) is 9.97 Å². The molecule has 27 heavy (non-hydrogen) atoms. The Morgan fingerprint density at radius 3 is 2.48 bits per heavy atom. The van der Waals surface area contributed by atoms with Crippen molar-refractivity contribution in [3.05, 3.63) is 71.6 Å². The molecular weight excluding hydrogens is 378 g/mol. The van der Waals surface area contributed by atoms with Crippen LogP contribution in [0.25, 0.3) is 21.3 Å². The lowest BCUT2D eigenvalue weighted by Crippen LogP contribution is -2.05. The molecule has 0 aliphatic heterocycles. The molecule has 0 spiro atoms. The lowest BCUT2D eigenvalue weighted by molar-refractivity contribution is -0.137. The van der Waals surface area contributed by atoms with Crippen LogP contribution in [0.1, 0.15) is 5.56 Å². The Balaban J connectivity index is 1.79. The standard InChI is InChI=1S/C19H11F4N3S/c20-13-6-4-11(5-7-13)15-9-27-18-16(15)17(24-10-25-18)26-14-3-1-2-12(8-14)19(21,22)23/h1-10H,(H,24,25,26). The number of nitrogens with one attached hydrogen (secondary N) is 1. The number of nitrogens with zero attached hydrogens (tertiary/aromatic N) is 2. The molecule has 4 rings (SSSR count). The summed E-state index contributed by atoms with van der Waals surface area (Å²) in [7, 11) is 0. The van der Waals surface area contributed by atoms with Gasteiger partial charge in [-0.1, -0.05) is 18.2 Å². The molecule has 0 fully saturated rings. The van der Waals surface area contributed by atoms with Crippen LogP contribution in [0.3, 0.4) is 0 Å². The Bertz CT molecular complexity index is 1100. The minimum absolute atomic E-state index is 0.265. The molecule has 136 valence electrons. The van der Waals surface area contributed by atoms with E-state index < -0.39 is 11.7 Å². The van der Waals surface area contributed by atoms with E-state index in [1.807, 2.05) is 5.38 Å². The number of benzene rings is 2. The topological polar surface area (TPSA) is 37.8 Å². The first-order chi connectivity index (χ1) is 12.9. The molecule has 2 aromatic carbocycles. The predicted octanol–water partition coefficient (Wildman–Crippen LogP) is 6.26. The van der Waals surface area contributed by atoms with E-state index >= 15 is 0 Å². The number of rotatable bonds is 3. The molecule has 0 bridgehead atoms. The highest BCUT2D eigenvalue weighted by atomic mass is 32.1. The number of hydrogen-bond donors (Lipinski definition) is 1. The van der Waals surface area contributed by atoms with Crippen molar-refractivity contribution in [2.45, 2.75) is 6.18 Å². The molecule has 0 aliphatic carbocycles. The van der Waals surface area contributed by atoms with Crippen LogP contribution in [0.4, 0.5) is 29.1 Å². The van der Waals surface area contributed by atoms with E-state index in [1.165, 1.54) is 41.9 Å². The Morgan fingerprint density at radius 1 is 0.963 bits per heavy atom. The summed E-state index contributed by atoms with van der Waals surface area (Å²) in [5.41, 5.74) is 1.07. The van der Waals surface area contributed by atoms with Crippen LogP contribution in [0.2, 0.25) is 0 Å². The first kappa shape index (κ1) is 17.4. The molecule has 0 saturated heterocycles. The van der Waals surface area contributed by atoms with Gasteiger partial charge in [-0.3, -0.25) is 0 Å². The third-order valence-corrected chi connectivity index (χ3v) is 4.86. The van der Waals surface area contributed by atoms with E-state index in [9.17, 15) is 17.6 Å². The maximum Gasteiger partial charge on any atom is 0.416 e. The van der Waals surface area contributed by atoms with Crippen LogP contribution in [-0.2, 0) is 6.18 Å². The third kappa shape index (κ3) is 3.48. The van der Waals surface area contributed by atoms with Gasteiger partial charge in [0.15, 0.2) is 0 Å². The van der Waals surface area contributed by atoms with E-state index in [2.05, 4.69) is 15.3 Å². The largest absolute Gasteiger partial charge is 0.416 e. The van der Waals surface area contributed by atoms with Gasteiger partial charge in [-0.2, -0.15) is 13.2 Å². The van der Waals surface area contributed by atoms with Gasteiger partial charge in [0.25, 0.3) is 0 Å². The average molecular weight is 389 g/mol. The Kier molecular flexibility index (Phi) is 4.27.